The van der Waals surface area contributed by atoms with E-state index in [1.54, 1.807) is 0 Å². The van der Waals surface area contributed by atoms with Gasteiger partial charge in [-0.1, -0.05) is 25.7 Å². The summed E-state index contributed by atoms with van der Waals surface area (Å²) in [6.45, 7) is 0.0549. The molecule has 4 aliphatic rings. The van der Waals surface area contributed by atoms with Crippen LogP contribution in [0.4, 0.5) is 0 Å². The first kappa shape index (κ1) is 18.9. The van der Waals surface area contributed by atoms with Crippen molar-refractivity contribution in [2.24, 2.45) is 29.1 Å². The lowest BCUT2D eigenvalue weighted by Gasteiger charge is -2.27. The van der Waals surface area contributed by atoms with Crippen molar-refractivity contribution in [1.29, 1.82) is 0 Å². The van der Waals surface area contributed by atoms with Crippen LogP contribution in [0, 0.1) is 29.1 Å². The number of nitrogens with one attached hydrogen (secondary N) is 1. The number of ketones is 1. The molecule has 4 saturated carbocycles. The summed E-state index contributed by atoms with van der Waals surface area (Å²) in [4.78, 5) is 37.2. The number of nitrogens with zero attached hydrogens (tertiary/aromatic N) is 1. The molecule has 0 radical (unpaired) electrons. The van der Waals surface area contributed by atoms with Crippen molar-refractivity contribution < 1.29 is 19.6 Å². The monoisotopic (exact) mass is 376 g/mol. The number of carbonyl (C=O) groups is 3. The number of Topliss-reactive ketones (excluding diaryl/α,β-unsaturated/α-hetero) is 1. The average molecular weight is 376 g/mol. The Bertz CT molecular complexity index is 593. The van der Waals surface area contributed by atoms with Gasteiger partial charge < -0.3 is 5.32 Å². The maximum absolute atomic E-state index is 13.5. The molecule has 6 nitrogen and oxygen atoms in total. The van der Waals surface area contributed by atoms with Gasteiger partial charge in [0.1, 0.15) is 5.78 Å². The van der Waals surface area contributed by atoms with Crippen LogP contribution in [0.5, 0.6) is 0 Å². The second kappa shape index (κ2) is 7.53. The number of carbonyl (C=O) groups excluding carboxylic acids is 3. The third-order valence-electron chi connectivity index (χ3n) is 7.40. The molecule has 0 bridgehead atoms. The summed E-state index contributed by atoms with van der Waals surface area (Å²) >= 11 is 0. The quantitative estimate of drug-likeness (QED) is 0.368. The van der Waals surface area contributed by atoms with Crippen molar-refractivity contribution in [3.8, 4) is 0 Å². The van der Waals surface area contributed by atoms with E-state index < -0.39 is 0 Å². The van der Waals surface area contributed by atoms with E-state index in [4.69, 9.17) is 0 Å². The highest BCUT2D eigenvalue weighted by Crippen LogP contribution is 2.62. The van der Waals surface area contributed by atoms with Crippen molar-refractivity contribution in [1.82, 2.24) is 10.4 Å². The molecule has 4 aliphatic carbocycles. The fourth-order valence-electron chi connectivity index (χ4n) is 5.50. The van der Waals surface area contributed by atoms with Gasteiger partial charge in [-0.25, -0.2) is 5.06 Å². The Kier molecular flexibility index (Phi) is 5.28. The largest absolute Gasteiger partial charge is 0.353 e. The van der Waals surface area contributed by atoms with E-state index in [9.17, 15) is 19.6 Å². The predicted octanol–water partition coefficient (Wildman–Crippen LogP) is 2.68. The Morgan fingerprint density at radius 3 is 2.37 bits per heavy atom. The molecule has 2 amide bonds. The van der Waals surface area contributed by atoms with Crippen LogP contribution in [-0.4, -0.2) is 41.0 Å². The number of hydroxylamine groups is 2. The molecule has 0 aliphatic heterocycles. The number of rotatable bonds is 9. The molecule has 0 aromatic carbocycles. The second-order valence-electron chi connectivity index (χ2n) is 9.62. The van der Waals surface area contributed by atoms with Crippen LogP contribution in [0.15, 0.2) is 0 Å². The van der Waals surface area contributed by atoms with E-state index in [1.165, 1.54) is 12.8 Å². The van der Waals surface area contributed by atoms with Crippen LogP contribution in [0.25, 0.3) is 0 Å². The fourth-order valence-corrected chi connectivity index (χ4v) is 5.50. The molecular formula is C21H32N2O4. The molecule has 4 fully saturated rings. The van der Waals surface area contributed by atoms with Crippen LogP contribution in [0.2, 0.25) is 0 Å². The molecule has 3 atom stereocenters. The minimum Gasteiger partial charge on any atom is -0.353 e. The highest BCUT2D eigenvalue weighted by atomic mass is 16.5. The Morgan fingerprint density at radius 1 is 1.11 bits per heavy atom. The number of hydrogen-bond donors (Lipinski definition) is 2. The van der Waals surface area contributed by atoms with Gasteiger partial charge in [0, 0.05) is 23.8 Å². The lowest BCUT2D eigenvalue weighted by Crippen LogP contribution is -2.40. The number of hydrogen-bond acceptors (Lipinski definition) is 4. The Morgan fingerprint density at radius 2 is 1.78 bits per heavy atom. The molecule has 0 heterocycles. The molecule has 0 aromatic rings. The van der Waals surface area contributed by atoms with Gasteiger partial charge in [0.2, 0.25) is 12.3 Å². The van der Waals surface area contributed by atoms with E-state index in [2.05, 4.69) is 5.32 Å². The van der Waals surface area contributed by atoms with Gasteiger partial charge in [-0.2, -0.15) is 0 Å². The van der Waals surface area contributed by atoms with Gasteiger partial charge in [-0.3, -0.25) is 19.6 Å². The van der Waals surface area contributed by atoms with Crippen LogP contribution < -0.4 is 5.32 Å². The lowest BCUT2D eigenvalue weighted by atomic mass is 9.80. The zero-order valence-electron chi connectivity index (χ0n) is 16.1. The zero-order chi connectivity index (χ0) is 19.0. The van der Waals surface area contributed by atoms with Crippen LogP contribution in [0.1, 0.15) is 70.6 Å². The second-order valence-corrected chi connectivity index (χ2v) is 9.62. The standard InChI is InChI=1S/C21H32N2O4/c24-13-23(27)12-15(9-14-3-1-2-4-14)19(25)17-10-21(7-8-21)11-18(17)20(26)22-16-5-6-16/h13-18,27H,1-12H2,(H,22,26)/t15-,17?,18-/m1/s1. The zero-order valence-corrected chi connectivity index (χ0v) is 16.1. The van der Waals surface area contributed by atoms with Gasteiger partial charge in [0.05, 0.1) is 6.54 Å². The maximum atomic E-state index is 13.5. The summed E-state index contributed by atoms with van der Waals surface area (Å²) in [6.07, 6.45) is 11.7. The molecule has 6 heteroatoms. The Labute approximate surface area is 161 Å². The molecule has 150 valence electrons. The molecule has 0 aromatic heterocycles. The van der Waals surface area contributed by atoms with E-state index in [0.29, 0.717) is 23.4 Å². The SMILES string of the molecule is O=CN(O)C[C@@H](CC1CCCC1)C(=O)C1CC2(CC2)C[C@H]1C(=O)NC1CC1. The summed E-state index contributed by atoms with van der Waals surface area (Å²) in [6, 6.07) is 0.307. The van der Waals surface area contributed by atoms with E-state index in [1.807, 2.05) is 0 Å². The van der Waals surface area contributed by atoms with E-state index in [-0.39, 0.29) is 41.4 Å². The summed E-state index contributed by atoms with van der Waals surface area (Å²) in [5.74, 6) is -0.196. The molecule has 4 rings (SSSR count). The van der Waals surface area contributed by atoms with Crippen molar-refractivity contribution in [2.45, 2.75) is 76.7 Å². The molecular weight excluding hydrogens is 344 g/mol. The first-order valence-electron chi connectivity index (χ1n) is 10.7. The minimum absolute atomic E-state index is 0.0514. The van der Waals surface area contributed by atoms with Crippen molar-refractivity contribution in [3.05, 3.63) is 0 Å². The van der Waals surface area contributed by atoms with Crippen LogP contribution in [0.3, 0.4) is 0 Å². The normalized spacial score (nSPS) is 30.3. The van der Waals surface area contributed by atoms with Crippen molar-refractivity contribution in [2.75, 3.05) is 6.54 Å². The predicted molar refractivity (Wildman–Crippen MR) is 98.7 cm³/mol. The highest BCUT2D eigenvalue weighted by molar-refractivity contribution is 5.91. The average Bonchev–Trinajstić information content (AvgIpc) is 3.51. The number of amides is 2. The van der Waals surface area contributed by atoms with Gasteiger partial charge in [0.15, 0.2) is 0 Å². The Hall–Kier alpha value is -1.43. The summed E-state index contributed by atoms with van der Waals surface area (Å²) in [5.41, 5.74) is 0.202. The van der Waals surface area contributed by atoms with Crippen molar-refractivity contribution in [3.63, 3.8) is 0 Å². The van der Waals surface area contributed by atoms with Crippen LogP contribution >= 0.6 is 0 Å². The van der Waals surface area contributed by atoms with Crippen LogP contribution in [-0.2, 0) is 14.4 Å². The Balaban J connectivity index is 1.47. The first-order chi connectivity index (χ1) is 13.0. The molecule has 2 N–H and O–H groups in total. The topological polar surface area (TPSA) is 86.7 Å². The summed E-state index contributed by atoms with van der Waals surface area (Å²) in [7, 11) is 0. The van der Waals surface area contributed by atoms with Gasteiger partial charge in [-0.15, -0.1) is 0 Å². The summed E-state index contributed by atoms with van der Waals surface area (Å²) < 4.78 is 0. The molecule has 0 saturated heterocycles. The van der Waals surface area contributed by atoms with Gasteiger partial charge >= 0.3 is 0 Å². The molecule has 27 heavy (non-hydrogen) atoms. The lowest BCUT2D eigenvalue weighted by molar-refractivity contribution is -0.156. The fraction of sp³-hybridized carbons (Fsp3) is 0.857. The van der Waals surface area contributed by atoms with Crippen molar-refractivity contribution >= 4 is 18.1 Å². The first-order valence-corrected chi connectivity index (χ1v) is 10.7. The maximum Gasteiger partial charge on any atom is 0.233 e. The highest BCUT2D eigenvalue weighted by Gasteiger charge is 2.57. The minimum atomic E-state index is -0.363. The third-order valence-corrected chi connectivity index (χ3v) is 7.40. The molecule has 1 unspecified atom stereocenters. The summed E-state index contributed by atoms with van der Waals surface area (Å²) in [5, 5.41) is 13.5. The van der Waals surface area contributed by atoms with Gasteiger partial charge in [-0.05, 0) is 56.3 Å². The smallest absolute Gasteiger partial charge is 0.233 e. The van der Waals surface area contributed by atoms with Gasteiger partial charge in [0.25, 0.3) is 0 Å². The van der Waals surface area contributed by atoms with E-state index in [0.717, 1.165) is 57.8 Å². The third kappa shape index (κ3) is 4.36. The van der Waals surface area contributed by atoms with E-state index >= 15 is 0 Å². The molecule has 1 spiro atoms.